The molecule has 25 heavy (non-hydrogen) atoms. The Bertz CT molecular complexity index is 823. The monoisotopic (exact) mass is 352 g/mol. The summed E-state index contributed by atoms with van der Waals surface area (Å²) in [5, 5.41) is 12.7. The van der Waals surface area contributed by atoms with E-state index in [9.17, 15) is 18.0 Å². The van der Waals surface area contributed by atoms with Gasteiger partial charge in [-0.3, -0.25) is 4.68 Å². The molecule has 0 spiro atoms. The highest BCUT2D eigenvalue weighted by molar-refractivity contribution is 5.86. The molecule has 2 unspecified atom stereocenters. The fourth-order valence-electron chi connectivity index (χ4n) is 3.36. The number of aromatic carboxylic acids is 1. The summed E-state index contributed by atoms with van der Waals surface area (Å²) >= 11 is 0. The summed E-state index contributed by atoms with van der Waals surface area (Å²) in [6.07, 6.45) is 0.160. The first-order chi connectivity index (χ1) is 11.8. The van der Waals surface area contributed by atoms with E-state index in [1.165, 1.54) is 17.1 Å². The molecular weight excluding hydrogens is 337 g/mol. The van der Waals surface area contributed by atoms with Crippen LogP contribution < -0.4 is 4.90 Å². The van der Waals surface area contributed by atoms with E-state index in [2.05, 4.69) is 10.1 Å². The van der Waals surface area contributed by atoms with Crippen LogP contribution in [0.2, 0.25) is 0 Å². The Kier molecular flexibility index (Phi) is 3.48. The molecule has 0 bridgehead atoms. The number of hydrogen-bond donors (Lipinski definition) is 1. The average Bonchev–Trinajstić information content (AvgIpc) is 2.96. The standard InChI is InChI=1S/C16H15F3N4O2/c17-16(18,19)13-2-14(22-5-9-1-10(9)6-22)20-3-11(13)7-23-8-12(4-21-23)15(24)25/h2-4,8-10H,1,5-7H2,(H,24,25). The molecule has 0 amide bonds. The molecule has 132 valence electrons. The van der Waals surface area contributed by atoms with Gasteiger partial charge in [-0.1, -0.05) is 0 Å². The van der Waals surface area contributed by atoms with Gasteiger partial charge in [-0.25, -0.2) is 9.78 Å². The number of halogens is 3. The lowest BCUT2D eigenvalue weighted by Gasteiger charge is -2.21. The van der Waals surface area contributed by atoms with Gasteiger partial charge >= 0.3 is 12.1 Å². The molecule has 2 aliphatic rings. The normalized spacial score (nSPS) is 22.1. The van der Waals surface area contributed by atoms with E-state index >= 15 is 0 Å². The van der Waals surface area contributed by atoms with E-state index < -0.39 is 17.7 Å². The molecule has 9 heteroatoms. The zero-order valence-corrected chi connectivity index (χ0v) is 13.1. The molecule has 0 radical (unpaired) electrons. The molecular formula is C16H15F3N4O2. The maximum Gasteiger partial charge on any atom is 0.416 e. The van der Waals surface area contributed by atoms with Gasteiger partial charge in [0.25, 0.3) is 0 Å². The third kappa shape index (κ3) is 3.06. The van der Waals surface area contributed by atoms with Crippen LogP contribution in [0.5, 0.6) is 0 Å². The molecule has 4 rings (SSSR count). The molecule has 3 heterocycles. The summed E-state index contributed by atoms with van der Waals surface area (Å²) in [6.45, 7) is 1.32. The molecule has 1 saturated heterocycles. The predicted octanol–water partition coefficient (Wildman–Crippen LogP) is 2.50. The lowest BCUT2D eigenvalue weighted by Crippen LogP contribution is -2.24. The first-order valence-electron chi connectivity index (χ1n) is 7.88. The molecule has 2 aromatic rings. The van der Waals surface area contributed by atoms with Crippen molar-refractivity contribution in [3.8, 4) is 0 Å². The van der Waals surface area contributed by atoms with Gasteiger partial charge in [0.1, 0.15) is 5.82 Å². The SMILES string of the molecule is O=C(O)c1cnn(Cc2cnc(N3CC4CC4C3)cc2C(F)(F)F)c1. The Morgan fingerprint density at radius 3 is 2.60 bits per heavy atom. The number of alkyl halides is 3. The van der Waals surface area contributed by atoms with Crippen LogP contribution in [0.25, 0.3) is 0 Å². The van der Waals surface area contributed by atoms with Crippen molar-refractivity contribution in [2.45, 2.75) is 19.1 Å². The largest absolute Gasteiger partial charge is 0.478 e. The van der Waals surface area contributed by atoms with Crippen molar-refractivity contribution in [1.29, 1.82) is 0 Å². The van der Waals surface area contributed by atoms with Crippen molar-refractivity contribution in [2.24, 2.45) is 11.8 Å². The molecule has 2 atom stereocenters. The molecule has 2 aromatic heterocycles. The Hall–Kier alpha value is -2.58. The van der Waals surface area contributed by atoms with Gasteiger partial charge in [-0.05, 0) is 24.3 Å². The molecule has 2 fully saturated rings. The number of hydrogen-bond acceptors (Lipinski definition) is 4. The van der Waals surface area contributed by atoms with E-state index in [-0.39, 0.29) is 17.7 Å². The van der Waals surface area contributed by atoms with Crippen LogP contribution in [0.3, 0.4) is 0 Å². The Morgan fingerprint density at radius 1 is 1.28 bits per heavy atom. The first-order valence-corrected chi connectivity index (χ1v) is 7.88. The summed E-state index contributed by atoms with van der Waals surface area (Å²) in [6, 6.07) is 1.09. The van der Waals surface area contributed by atoms with Gasteiger partial charge in [0.15, 0.2) is 0 Å². The van der Waals surface area contributed by atoms with Crippen LogP contribution >= 0.6 is 0 Å². The average molecular weight is 352 g/mol. The number of rotatable bonds is 4. The van der Waals surface area contributed by atoms with Crippen molar-refractivity contribution >= 4 is 11.8 Å². The molecule has 1 aliphatic heterocycles. The minimum Gasteiger partial charge on any atom is -0.478 e. The number of carboxylic acids is 1. The van der Waals surface area contributed by atoms with Gasteiger partial charge in [0, 0.05) is 31.0 Å². The van der Waals surface area contributed by atoms with Crippen LogP contribution in [0, 0.1) is 11.8 Å². The van der Waals surface area contributed by atoms with Crippen LogP contribution in [0.15, 0.2) is 24.7 Å². The topological polar surface area (TPSA) is 71.2 Å². The Labute approximate surface area is 140 Å². The van der Waals surface area contributed by atoms with Gasteiger partial charge in [-0.2, -0.15) is 18.3 Å². The van der Waals surface area contributed by atoms with Crippen LogP contribution in [0.4, 0.5) is 19.0 Å². The number of aromatic nitrogens is 3. The van der Waals surface area contributed by atoms with Crippen molar-refractivity contribution in [3.63, 3.8) is 0 Å². The van der Waals surface area contributed by atoms with Crippen molar-refractivity contribution in [3.05, 3.63) is 41.3 Å². The Morgan fingerprint density at radius 2 is 2.00 bits per heavy atom. The molecule has 1 aliphatic carbocycles. The number of nitrogens with zero attached hydrogens (tertiary/aromatic N) is 4. The van der Waals surface area contributed by atoms with E-state index in [0.717, 1.165) is 31.8 Å². The lowest BCUT2D eigenvalue weighted by atomic mass is 10.1. The van der Waals surface area contributed by atoms with Crippen molar-refractivity contribution in [1.82, 2.24) is 14.8 Å². The highest BCUT2D eigenvalue weighted by atomic mass is 19.4. The van der Waals surface area contributed by atoms with E-state index in [1.807, 2.05) is 4.90 Å². The highest BCUT2D eigenvalue weighted by Crippen LogP contribution is 2.46. The molecule has 1 saturated carbocycles. The highest BCUT2D eigenvalue weighted by Gasteiger charge is 2.46. The van der Waals surface area contributed by atoms with Gasteiger partial charge in [0.05, 0.1) is 23.9 Å². The minimum atomic E-state index is -4.52. The van der Waals surface area contributed by atoms with E-state index in [4.69, 9.17) is 5.11 Å². The van der Waals surface area contributed by atoms with E-state index in [1.54, 1.807) is 0 Å². The molecule has 6 nitrogen and oxygen atoms in total. The zero-order chi connectivity index (χ0) is 17.8. The predicted molar refractivity (Wildman–Crippen MR) is 81.3 cm³/mol. The van der Waals surface area contributed by atoms with E-state index in [0.29, 0.717) is 17.7 Å². The first kappa shape index (κ1) is 15.9. The number of anilines is 1. The lowest BCUT2D eigenvalue weighted by molar-refractivity contribution is -0.138. The van der Waals surface area contributed by atoms with Gasteiger partial charge in [-0.15, -0.1) is 0 Å². The maximum atomic E-state index is 13.5. The summed E-state index contributed by atoms with van der Waals surface area (Å²) < 4.78 is 41.6. The van der Waals surface area contributed by atoms with Gasteiger partial charge in [0.2, 0.25) is 0 Å². The van der Waals surface area contributed by atoms with Crippen LogP contribution in [-0.4, -0.2) is 38.9 Å². The Balaban J connectivity index is 1.62. The third-order valence-corrected chi connectivity index (χ3v) is 4.79. The summed E-state index contributed by atoms with van der Waals surface area (Å²) in [7, 11) is 0. The van der Waals surface area contributed by atoms with Crippen LogP contribution in [-0.2, 0) is 12.7 Å². The number of carboxylic acid groups (broad SMARTS) is 1. The molecule has 1 N–H and O–H groups in total. The van der Waals surface area contributed by atoms with Crippen molar-refractivity contribution in [2.75, 3.05) is 18.0 Å². The number of fused-ring (bicyclic) bond motifs is 1. The number of pyridine rings is 1. The summed E-state index contributed by atoms with van der Waals surface area (Å²) in [4.78, 5) is 17.0. The number of piperidine rings is 1. The smallest absolute Gasteiger partial charge is 0.416 e. The quantitative estimate of drug-likeness (QED) is 0.915. The second-order valence-electron chi connectivity index (χ2n) is 6.59. The molecule has 0 aromatic carbocycles. The third-order valence-electron chi connectivity index (χ3n) is 4.79. The maximum absolute atomic E-state index is 13.5. The second kappa shape index (κ2) is 5.47. The fraction of sp³-hybridized carbons (Fsp3) is 0.438. The number of carbonyl (C=O) groups is 1. The van der Waals surface area contributed by atoms with Crippen molar-refractivity contribution < 1.29 is 23.1 Å². The summed E-state index contributed by atoms with van der Waals surface area (Å²) in [5.41, 5.74) is -0.875. The fourth-order valence-corrected chi connectivity index (χ4v) is 3.36. The second-order valence-corrected chi connectivity index (χ2v) is 6.59. The minimum absolute atomic E-state index is 0.0411. The van der Waals surface area contributed by atoms with Crippen LogP contribution in [0.1, 0.15) is 27.9 Å². The zero-order valence-electron chi connectivity index (χ0n) is 13.1. The summed E-state index contributed by atoms with van der Waals surface area (Å²) in [5.74, 6) is 0.349. The van der Waals surface area contributed by atoms with Gasteiger partial charge < -0.3 is 10.0 Å².